The average molecular weight is 423 g/mol. The van der Waals surface area contributed by atoms with Crippen LogP contribution in [0.2, 0.25) is 0 Å². The van der Waals surface area contributed by atoms with Crippen molar-refractivity contribution >= 4 is 17.5 Å². The molecule has 0 aromatic rings. The van der Waals surface area contributed by atoms with Crippen LogP contribution in [0.4, 0.5) is 0 Å². The molecule has 3 unspecified atom stereocenters. The van der Waals surface area contributed by atoms with Gasteiger partial charge in [-0.3, -0.25) is 14.4 Å². The predicted octanol–water partition coefficient (Wildman–Crippen LogP) is 2.37. The number of rotatable bonds is 3. The summed E-state index contributed by atoms with van der Waals surface area (Å²) in [5, 5.41) is 23.3. The third kappa shape index (κ3) is 2.79. The van der Waals surface area contributed by atoms with Crippen molar-refractivity contribution in [2.24, 2.45) is 34.5 Å². The molecule has 3 saturated carbocycles. The van der Waals surface area contributed by atoms with Crippen LogP contribution in [0.25, 0.3) is 0 Å². The Morgan fingerprint density at radius 3 is 2.80 bits per heavy atom. The molecular weight excluding hydrogens is 384 g/mol. The highest BCUT2D eigenvalue weighted by atomic mass is 16.5. The highest BCUT2D eigenvalue weighted by molar-refractivity contribution is 6.01. The summed E-state index contributed by atoms with van der Waals surface area (Å²) < 4.78 is 58.1. The summed E-state index contributed by atoms with van der Waals surface area (Å²) in [5.74, 6) is -8.01. The molecule has 8 atom stereocenters. The molecule has 6 nitrogen and oxygen atoms in total. The predicted molar refractivity (Wildman–Crippen MR) is 109 cm³/mol. The van der Waals surface area contributed by atoms with Gasteiger partial charge in [-0.15, -0.1) is 0 Å². The monoisotopic (exact) mass is 422 g/mol. The van der Waals surface area contributed by atoms with E-state index in [0.717, 1.165) is 13.0 Å². The number of esters is 1. The standard InChI is InChI=1S/C24H32O6/c1-13-9-16-17-6-8-24(29,20(28)12-30-14(2)25)23(17,4)11-19(27)21(16)22(3)7-5-15(26)10-18(13)22/h5,7,10,13,16-17,19,21,27,29H,6,8-9,11-12H2,1-4H3/t13?,16?,17?,19-,21+,22-,23-,24-/m0/s1/i5D,10D,11D2,13D,21D. The van der Waals surface area contributed by atoms with Crippen LogP contribution in [0.5, 0.6) is 0 Å². The molecule has 0 aliphatic heterocycles. The summed E-state index contributed by atoms with van der Waals surface area (Å²) in [7, 11) is 0. The number of aliphatic hydroxyl groups is 2. The van der Waals surface area contributed by atoms with Crippen LogP contribution < -0.4 is 0 Å². The van der Waals surface area contributed by atoms with Crippen molar-refractivity contribution in [2.75, 3.05) is 6.61 Å². The lowest BCUT2D eigenvalue weighted by Gasteiger charge is -2.60. The van der Waals surface area contributed by atoms with E-state index in [4.69, 9.17) is 11.6 Å². The normalized spacial score (nSPS) is 57.2. The molecule has 0 heterocycles. The third-order valence-electron chi connectivity index (χ3n) is 7.70. The Labute approximate surface area is 185 Å². The molecule has 4 rings (SSSR count). The zero-order chi connectivity index (χ0) is 27.4. The van der Waals surface area contributed by atoms with E-state index in [0.29, 0.717) is 0 Å². The van der Waals surface area contributed by atoms with Crippen molar-refractivity contribution in [1.29, 1.82) is 0 Å². The first-order chi connectivity index (χ1) is 16.2. The summed E-state index contributed by atoms with van der Waals surface area (Å²) in [6.07, 6.45) is -3.90. The van der Waals surface area contributed by atoms with Gasteiger partial charge in [0.15, 0.2) is 12.4 Å². The Morgan fingerprint density at radius 2 is 2.13 bits per heavy atom. The number of carbonyl (C=O) groups excluding carboxylic acids is 3. The van der Waals surface area contributed by atoms with Gasteiger partial charge in [0.2, 0.25) is 5.78 Å². The Morgan fingerprint density at radius 1 is 1.43 bits per heavy atom. The van der Waals surface area contributed by atoms with Crippen LogP contribution >= 0.6 is 0 Å². The molecular formula is C24H32O6. The lowest BCUT2D eigenvalue weighted by atomic mass is 9.45. The largest absolute Gasteiger partial charge is 0.458 e. The van der Waals surface area contributed by atoms with E-state index in [2.05, 4.69) is 0 Å². The molecule has 164 valence electrons. The number of carbonyl (C=O) groups is 3. The number of hydrogen-bond acceptors (Lipinski definition) is 6. The number of allylic oxidation sites excluding steroid dienone is 4. The van der Waals surface area contributed by atoms with Crippen LogP contribution in [-0.4, -0.2) is 46.1 Å². The van der Waals surface area contributed by atoms with Crippen molar-refractivity contribution in [3.63, 3.8) is 0 Å². The molecule has 0 radical (unpaired) electrons. The zero-order valence-corrected chi connectivity index (χ0v) is 17.7. The molecule has 30 heavy (non-hydrogen) atoms. The van der Waals surface area contributed by atoms with E-state index in [1.54, 1.807) is 0 Å². The molecule has 2 N–H and O–H groups in total. The van der Waals surface area contributed by atoms with Gasteiger partial charge in [-0.05, 0) is 55.5 Å². The molecule has 0 aromatic carbocycles. The van der Waals surface area contributed by atoms with Gasteiger partial charge < -0.3 is 14.9 Å². The Bertz CT molecular complexity index is 1130. The highest BCUT2D eigenvalue weighted by Gasteiger charge is 2.68. The maximum atomic E-state index is 13.1. The summed E-state index contributed by atoms with van der Waals surface area (Å²) in [5.41, 5.74) is -5.96. The maximum absolute atomic E-state index is 13.1. The molecule has 0 amide bonds. The number of fused-ring (bicyclic) bond motifs is 5. The van der Waals surface area contributed by atoms with Crippen molar-refractivity contribution in [3.8, 4) is 0 Å². The average Bonchev–Trinajstić information content (AvgIpc) is 3.04. The number of aliphatic hydroxyl groups excluding tert-OH is 1. The summed E-state index contributed by atoms with van der Waals surface area (Å²) >= 11 is 0. The van der Waals surface area contributed by atoms with Gasteiger partial charge in [0, 0.05) is 29.1 Å². The lowest BCUT2D eigenvalue weighted by Crippen LogP contribution is -2.62. The molecule has 0 aromatic heterocycles. The second-order valence-corrected chi connectivity index (χ2v) is 9.32. The fraction of sp³-hybridized carbons (Fsp3) is 0.708. The van der Waals surface area contributed by atoms with Crippen LogP contribution in [0, 0.1) is 34.5 Å². The van der Waals surface area contributed by atoms with E-state index < -0.39 is 88.8 Å². The fourth-order valence-corrected chi connectivity index (χ4v) is 6.24. The smallest absolute Gasteiger partial charge is 0.303 e. The molecule has 4 aliphatic carbocycles. The second-order valence-electron chi connectivity index (χ2n) is 9.32. The van der Waals surface area contributed by atoms with Crippen LogP contribution in [0.15, 0.2) is 23.8 Å². The second kappa shape index (κ2) is 6.86. The van der Waals surface area contributed by atoms with Gasteiger partial charge in [-0.1, -0.05) is 32.4 Å². The van der Waals surface area contributed by atoms with Crippen molar-refractivity contribution in [3.05, 3.63) is 23.8 Å². The van der Waals surface area contributed by atoms with Crippen LogP contribution in [0.1, 0.15) is 61.6 Å². The zero-order valence-electron chi connectivity index (χ0n) is 23.7. The minimum absolute atomic E-state index is 0.0418. The minimum atomic E-state index is -2.73. The number of hydrogen-bond donors (Lipinski definition) is 2. The molecule has 4 aliphatic rings. The molecule has 0 bridgehead atoms. The molecule has 0 spiro atoms. The van der Waals surface area contributed by atoms with Gasteiger partial charge in [0.25, 0.3) is 0 Å². The first-order valence-electron chi connectivity index (χ1n) is 13.3. The van der Waals surface area contributed by atoms with Crippen molar-refractivity contribution in [2.45, 2.75) is 65.0 Å². The van der Waals surface area contributed by atoms with E-state index in [1.807, 2.05) is 0 Å². The van der Waals surface area contributed by atoms with Gasteiger partial charge in [0.1, 0.15) is 5.60 Å². The summed E-state index contributed by atoms with van der Waals surface area (Å²) in [6, 6.07) is -1.15. The fourth-order valence-electron chi connectivity index (χ4n) is 6.24. The Hall–Kier alpha value is -1.79. The van der Waals surface area contributed by atoms with Crippen molar-refractivity contribution in [1.82, 2.24) is 0 Å². The third-order valence-corrected chi connectivity index (χ3v) is 7.70. The topological polar surface area (TPSA) is 101 Å². The van der Waals surface area contributed by atoms with Gasteiger partial charge >= 0.3 is 5.97 Å². The Kier molecular flexibility index (Phi) is 3.45. The van der Waals surface area contributed by atoms with Crippen LogP contribution in [0.3, 0.4) is 0 Å². The van der Waals surface area contributed by atoms with Crippen LogP contribution in [-0.2, 0) is 19.1 Å². The molecule has 3 fully saturated rings. The van der Waals surface area contributed by atoms with Gasteiger partial charge in [0.05, 0.1) is 8.85 Å². The number of Topliss-reactive ketones (excluding diaryl/α,β-unsaturated/α-hetero) is 1. The van der Waals surface area contributed by atoms with Crippen molar-refractivity contribution < 1.29 is 37.6 Å². The van der Waals surface area contributed by atoms with Gasteiger partial charge in [-0.2, -0.15) is 0 Å². The van der Waals surface area contributed by atoms with E-state index >= 15 is 0 Å². The highest BCUT2D eigenvalue weighted by Crippen LogP contribution is 2.67. The minimum Gasteiger partial charge on any atom is -0.458 e. The Balaban J connectivity index is 1.94. The summed E-state index contributed by atoms with van der Waals surface area (Å²) in [6.45, 7) is 4.64. The first-order valence-corrected chi connectivity index (χ1v) is 10.3. The molecule has 6 heteroatoms. The van der Waals surface area contributed by atoms with Gasteiger partial charge in [-0.25, -0.2) is 0 Å². The maximum Gasteiger partial charge on any atom is 0.303 e. The number of ether oxygens (including phenoxy) is 1. The number of ketones is 2. The van der Waals surface area contributed by atoms with E-state index in [-0.39, 0.29) is 24.8 Å². The first kappa shape index (κ1) is 15.1. The van der Waals surface area contributed by atoms with E-state index in [1.165, 1.54) is 20.8 Å². The SMILES string of the molecule is [2H]C1=C[C@@]2(C)C(=C([2H])C1=O)C([2H])(C)CC1C3CC[C@](O)(C(=O)COC(C)=O)[C@@]3(C)C([2H])([2H])[C@H](O)[C@@]12[2H]. The quantitative estimate of drug-likeness (QED) is 0.677. The lowest BCUT2D eigenvalue weighted by molar-refractivity contribution is -0.182. The molecule has 0 saturated heterocycles. The summed E-state index contributed by atoms with van der Waals surface area (Å²) in [4.78, 5) is 36.9. The van der Waals surface area contributed by atoms with E-state index in [9.17, 15) is 26.0 Å².